The van der Waals surface area contributed by atoms with E-state index in [1.165, 1.54) is 0 Å². The van der Waals surface area contributed by atoms with Crippen molar-refractivity contribution in [1.29, 1.82) is 0 Å². The molecule has 1 saturated heterocycles. The number of carbonyl (C=O) groups excluding carboxylic acids is 1. The summed E-state index contributed by atoms with van der Waals surface area (Å²) in [5.41, 5.74) is 1.90. The minimum absolute atomic E-state index is 0.308. The molecule has 0 amide bonds. The zero-order valence-corrected chi connectivity index (χ0v) is 10.1. The lowest BCUT2D eigenvalue weighted by molar-refractivity contribution is -0.151. The van der Waals surface area contributed by atoms with Gasteiger partial charge in [0.25, 0.3) is 0 Å². The number of rotatable bonds is 5. The van der Waals surface area contributed by atoms with Crippen molar-refractivity contribution >= 4 is 5.97 Å². The van der Waals surface area contributed by atoms with Crippen molar-refractivity contribution in [2.24, 2.45) is 5.84 Å². The molecule has 0 unspecified atom stereocenters. The summed E-state index contributed by atoms with van der Waals surface area (Å²) >= 11 is 0. The predicted octanol–water partition coefficient (Wildman–Crippen LogP) is -0.676. The minimum Gasteiger partial charge on any atom is -0.356 e. The zero-order chi connectivity index (χ0) is 12.0. The maximum Gasteiger partial charge on any atom is 0.327 e. The van der Waals surface area contributed by atoms with Gasteiger partial charge in [-0.25, -0.2) is 5.84 Å². The van der Waals surface area contributed by atoms with Crippen molar-refractivity contribution in [1.82, 2.24) is 15.4 Å². The van der Waals surface area contributed by atoms with Crippen LogP contribution < -0.4 is 11.4 Å². The summed E-state index contributed by atoms with van der Waals surface area (Å²) < 4.78 is 0. The van der Waals surface area contributed by atoms with Crippen molar-refractivity contribution in [3.8, 4) is 0 Å². The fourth-order valence-electron chi connectivity index (χ4n) is 2.03. The largest absolute Gasteiger partial charge is 0.356 e. The van der Waals surface area contributed by atoms with E-state index in [2.05, 4.69) is 28.7 Å². The van der Waals surface area contributed by atoms with Gasteiger partial charge in [0.15, 0.2) is 0 Å². The fraction of sp³-hybridized carbons (Fsp3) is 0.900. The average molecular weight is 230 g/mol. The van der Waals surface area contributed by atoms with E-state index < -0.39 is 0 Å². The van der Waals surface area contributed by atoms with Gasteiger partial charge in [0.05, 0.1) is 6.42 Å². The number of hydrazine groups is 1. The van der Waals surface area contributed by atoms with Crippen molar-refractivity contribution < 1.29 is 9.63 Å². The first kappa shape index (κ1) is 13.4. The molecule has 0 atom stereocenters. The highest BCUT2D eigenvalue weighted by Crippen LogP contribution is 2.14. The highest BCUT2D eigenvalue weighted by Gasteiger charge is 2.20. The molecule has 1 fully saturated rings. The van der Waals surface area contributed by atoms with E-state index in [9.17, 15) is 4.79 Å². The monoisotopic (exact) mass is 230 g/mol. The predicted molar refractivity (Wildman–Crippen MR) is 61.2 cm³/mol. The zero-order valence-electron chi connectivity index (χ0n) is 10.1. The molecular weight excluding hydrogens is 208 g/mol. The lowest BCUT2D eigenvalue weighted by Crippen LogP contribution is -2.42. The third-order valence-corrected chi connectivity index (χ3v) is 3.09. The minimum atomic E-state index is -0.308. The van der Waals surface area contributed by atoms with Crippen LogP contribution in [0, 0.1) is 0 Å². The molecule has 1 heterocycles. The summed E-state index contributed by atoms with van der Waals surface area (Å²) in [6.07, 6.45) is 2.71. The number of nitrogens with one attached hydrogen (secondary N) is 1. The highest BCUT2D eigenvalue weighted by molar-refractivity contribution is 5.69. The Kier molecular flexibility index (Phi) is 5.68. The summed E-state index contributed by atoms with van der Waals surface area (Å²) in [7, 11) is 4.23. The molecular formula is C10H22N4O2. The molecule has 0 aliphatic carbocycles. The molecule has 0 aromatic heterocycles. The van der Waals surface area contributed by atoms with E-state index >= 15 is 0 Å². The van der Waals surface area contributed by atoms with Gasteiger partial charge in [0.1, 0.15) is 0 Å². The topological polar surface area (TPSA) is 70.8 Å². The number of hydrogen-bond donors (Lipinski definition) is 2. The van der Waals surface area contributed by atoms with Crippen LogP contribution in [0.5, 0.6) is 0 Å². The van der Waals surface area contributed by atoms with Crippen molar-refractivity contribution in [2.75, 3.05) is 33.7 Å². The second kappa shape index (κ2) is 6.80. The van der Waals surface area contributed by atoms with Gasteiger partial charge >= 0.3 is 5.97 Å². The first-order valence-corrected chi connectivity index (χ1v) is 5.67. The normalized spacial score (nSPS) is 19.0. The lowest BCUT2D eigenvalue weighted by atomic mass is 10.0. The third-order valence-electron chi connectivity index (χ3n) is 3.09. The molecule has 6 heteroatoms. The highest BCUT2D eigenvalue weighted by atomic mass is 16.7. The van der Waals surface area contributed by atoms with E-state index in [0.29, 0.717) is 12.5 Å². The molecule has 0 bridgehead atoms. The molecule has 16 heavy (non-hydrogen) atoms. The summed E-state index contributed by atoms with van der Waals surface area (Å²) in [5, 5.41) is 0. The first-order valence-electron chi connectivity index (χ1n) is 5.67. The lowest BCUT2D eigenvalue weighted by Gasteiger charge is -2.34. The number of nitrogens with two attached hydrogens (primary N) is 1. The molecule has 3 N–H and O–H groups in total. The second-order valence-corrected chi connectivity index (χ2v) is 4.38. The van der Waals surface area contributed by atoms with Crippen LogP contribution in [0.15, 0.2) is 0 Å². The number of carbonyl (C=O) groups is 1. The van der Waals surface area contributed by atoms with Crippen LogP contribution in [0.3, 0.4) is 0 Å². The summed E-state index contributed by atoms with van der Waals surface area (Å²) in [6, 6.07) is 0.675. The van der Waals surface area contributed by atoms with Crippen LogP contribution in [0.1, 0.15) is 19.3 Å². The van der Waals surface area contributed by atoms with E-state index in [1.54, 1.807) is 0 Å². The van der Waals surface area contributed by atoms with Gasteiger partial charge in [-0.05, 0) is 40.0 Å². The molecule has 0 saturated carbocycles. The fourth-order valence-corrected chi connectivity index (χ4v) is 2.03. The number of hydrogen-bond acceptors (Lipinski definition) is 6. The first-order chi connectivity index (χ1) is 7.63. The van der Waals surface area contributed by atoms with Crippen LogP contribution >= 0.6 is 0 Å². The van der Waals surface area contributed by atoms with Gasteiger partial charge in [0.2, 0.25) is 0 Å². The quantitative estimate of drug-likeness (QED) is 0.482. The van der Waals surface area contributed by atoms with E-state index in [4.69, 9.17) is 5.84 Å². The number of nitrogens with zero attached hydrogens (tertiary/aromatic N) is 2. The SMILES string of the molecule is CN(C)C1CCN(CCC(=O)ONN)CC1. The number of likely N-dealkylation sites (tertiary alicyclic amines) is 1. The maximum absolute atomic E-state index is 11.1. The summed E-state index contributed by atoms with van der Waals surface area (Å²) in [6.45, 7) is 2.85. The molecule has 1 aliphatic rings. The molecule has 94 valence electrons. The molecule has 1 rings (SSSR count). The Hall–Kier alpha value is -0.690. The van der Waals surface area contributed by atoms with Gasteiger partial charge in [-0.2, -0.15) is 0 Å². The standard InChI is InChI=1S/C10H22N4O2/c1-13(2)9-3-6-14(7-4-9)8-5-10(15)16-12-11/h9,12H,3-8,11H2,1-2H3. The molecule has 1 aliphatic heterocycles. The maximum atomic E-state index is 11.1. The van der Waals surface area contributed by atoms with Crippen molar-refractivity contribution in [3.63, 3.8) is 0 Å². The summed E-state index contributed by atoms with van der Waals surface area (Å²) in [4.78, 5) is 20.1. The third kappa shape index (κ3) is 4.44. The molecule has 6 nitrogen and oxygen atoms in total. The van der Waals surface area contributed by atoms with Gasteiger partial charge < -0.3 is 14.6 Å². The molecule has 0 spiro atoms. The Balaban J connectivity index is 2.15. The van der Waals surface area contributed by atoms with Crippen molar-refractivity contribution in [3.05, 3.63) is 0 Å². The van der Waals surface area contributed by atoms with Crippen molar-refractivity contribution in [2.45, 2.75) is 25.3 Å². The molecule has 0 radical (unpaired) electrons. The van der Waals surface area contributed by atoms with E-state index in [-0.39, 0.29) is 5.97 Å². The van der Waals surface area contributed by atoms with Crippen LogP contribution in [-0.4, -0.2) is 55.5 Å². The van der Waals surface area contributed by atoms with Crippen LogP contribution in [0.4, 0.5) is 0 Å². The Morgan fingerprint density at radius 3 is 2.62 bits per heavy atom. The molecule has 0 aromatic carbocycles. The van der Waals surface area contributed by atoms with Crippen LogP contribution in [0.25, 0.3) is 0 Å². The Bertz CT molecular complexity index is 215. The van der Waals surface area contributed by atoms with Gasteiger partial charge in [-0.15, -0.1) is 0 Å². The summed E-state index contributed by atoms with van der Waals surface area (Å²) in [5.74, 6) is 4.57. The molecule has 0 aromatic rings. The Labute approximate surface area is 96.6 Å². The second-order valence-electron chi connectivity index (χ2n) is 4.38. The Morgan fingerprint density at radius 2 is 2.12 bits per heavy atom. The van der Waals surface area contributed by atoms with E-state index in [1.807, 2.05) is 5.59 Å². The van der Waals surface area contributed by atoms with E-state index in [0.717, 1.165) is 32.5 Å². The Morgan fingerprint density at radius 1 is 1.50 bits per heavy atom. The van der Waals surface area contributed by atoms with Crippen LogP contribution in [0.2, 0.25) is 0 Å². The van der Waals surface area contributed by atoms with Crippen LogP contribution in [-0.2, 0) is 9.63 Å². The smallest absolute Gasteiger partial charge is 0.327 e. The van der Waals surface area contributed by atoms with Gasteiger partial charge in [0, 0.05) is 12.6 Å². The number of piperidine rings is 1. The van der Waals surface area contributed by atoms with Gasteiger partial charge in [-0.1, -0.05) is 5.59 Å². The average Bonchev–Trinajstić information content (AvgIpc) is 2.27. The van der Waals surface area contributed by atoms with Gasteiger partial charge in [-0.3, -0.25) is 4.79 Å².